The molecular weight excluding hydrogens is 294 g/mol. The number of pyridine rings is 1. The molecule has 0 radical (unpaired) electrons. The number of aromatic nitrogens is 1. The summed E-state index contributed by atoms with van der Waals surface area (Å²) in [7, 11) is 0. The number of carbonyl (C=O) groups is 1. The van der Waals surface area contributed by atoms with Gasteiger partial charge in [0.15, 0.2) is 0 Å². The molecule has 0 unspecified atom stereocenters. The highest BCUT2D eigenvalue weighted by atomic mass is 16.5. The molecule has 0 bridgehead atoms. The van der Waals surface area contributed by atoms with Crippen molar-refractivity contribution < 1.29 is 13.9 Å². The Hall–Kier alpha value is -2.34. The van der Waals surface area contributed by atoms with Crippen LogP contribution in [-0.4, -0.2) is 35.2 Å². The summed E-state index contributed by atoms with van der Waals surface area (Å²) in [5, 5.41) is 2.95. The van der Waals surface area contributed by atoms with Crippen LogP contribution < -0.4 is 5.32 Å². The van der Waals surface area contributed by atoms with Gasteiger partial charge in [-0.15, -0.1) is 0 Å². The summed E-state index contributed by atoms with van der Waals surface area (Å²) in [5.74, 6) is 0.744. The molecule has 0 aliphatic carbocycles. The van der Waals surface area contributed by atoms with Gasteiger partial charge in [-0.1, -0.05) is 6.07 Å². The molecule has 1 N–H and O–H groups in total. The molecular formula is C17H21N3O3. The summed E-state index contributed by atoms with van der Waals surface area (Å²) < 4.78 is 10.9. The number of hydrogen-bond acceptors (Lipinski definition) is 4. The monoisotopic (exact) mass is 315 g/mol. The maximum absolute atomic E-state index is 12.5. The fourth-order valence-electron chi connectivity index (χ4n) is 2.60. The van der Waals surface area contributed by atoms with Gasteiger partial charge in [0, 0.05) is 19.3 Å². The molecule has 2 aromatic heterocycles. The summed E-state index contributed by atoms with van der Waals surface area (Å²) in [5.41, 5.74) is 0.839. The van der Waals surface area contributed by atoms with E-state index in [2.05, 4.69) is 10.3 Å². The lowest BCUT2D eigenvalue weighted by Crippen LogP contribution is -2.42. The minimum absolute atomic E-state index is 0.124. The van der Waals surface area contributed by atoms with Crippen molar-refractivity contribution in [2.24, 2.45) is 0 Å². The van der Waals surface area contributed by atoms with Crippen LogP contribution in [0.25, 0.3) is 0 Å². The summed E-state index contributed by atoms with van der Waals surface area (Å²) in [4.78, 5) is 18.5. The van der Waals surface area contributed by atoms with E-state index in [1.807, 2.05) is 30.3 Å². The molecule has 3 rings (SSSR count). The van der Waals surface area contributed by atoms with E-state index in [-0.39, 0.29) is 12.1 Å². The highest BCUT2D eigenvalue weighted by molar-refractivity contribution is 5.74. The molecule has 0 spiro atoms. The molecule has 0 saturated carbocycles. The molecule has 2 aromatic rings. The smallest absolute Gasteiger partial charge is 0.318 e. The first-order valence-corrected chi connectivity index (χ1v) is 7.88. The lowest BCUT2D eigenvalue weighted by Gasteiger charge is -2.22. The number of carbonyl (C=O) groups excluding carboxylic acids is 1. The molecule has 6 nitrogen and oxygen atoms in total. The van der Waals surface area contributed by atoms with Crippen LogP contribution in [0.3, 0.4) is 0 Å². The zero-order chi connectivity index (χ0) is 15.9. The van der Waals surface area contributed by atoms with Crippen LogP contribution in [0.2, 0.25) is 0 Å². The predicted molar refractivity (Wildman–Crippen MR) is 84.6 cm³/mol. The number of furan rings is 1. The second-order valence-electron chi connectivity index (χ2n) is 5.58. The third kappa shape index (κ3) is 4.56. The Morgan fingerprint density at radius 1 is 1.30 bits per heavy atom. The first-order chi connectivity index (χ1) is 11.3. The van der Waals surface area contributed by atoms with Crippen molar-refractivity contribution in [3.05, 3.63) is 54.2 Å². The molecule has 23 heavy (non-hydrogen) atoms. The third-order valence-electron chi connectivity index (χ3n) is 3.80. The van der Waals surface area contributed by atoms with Gasteiger partial charge in [0.25, 0.3) is 0 Å². The number of urea groups is 1. The van der Waals surface area contributed by atoms with Gasteiger partial charge in [-0.25, -0.2) is 4.79 Å². The van der Waals surface area contributed by atoms with Crippen LogP contribution in [0.4, 0.5) is 4.79 Å². The molecule has 1 saturated heterocycles. The van der Waals surface area contributed by atoms with Crippen LogP contribution in [0.1, 0.15) is 24.3 Å². The number of hydrogen-bond donors (Lipinski definition) is 1. The topological polar surface area (TPSA) is 67.6 Å². The first kappa shape index (κ1) is 15.6. The number of nitrogens with one attached hydrogen (secondary N) is 1. The van der Waals surface area contributed by atoms with Crippen LogP contribution in [0.15, 0.2) is 47.2 Å². The Morgan fingerprint density at radius 3 is 2.96 bits per heavy atom. The van der Waals surface area contributed by atoms with Gasteiger partial charge < -0.3 is 19.4 Å². The highest BCUT2D eigenvalue weighted by Crippen LogP contribution is 2.12. The van der Waals surface area contributed by atoms with E-state index < -0.39 is 0 Å². The van der Waals surface area contributed by atoms with Gasteiger partial charge in [-0.2, -0.15) is 0 Å². The van der Waals surface area contributed by atoms with Crippen LogP contribution >= 0.6 is 0 Å². The van der Waals surface area contributed by atoms with Crippen molar-refractivity contribution in [3.63, 3.8) is 0 Å². The number of rotatable bonds is 6. The Bertz CT molecular complexity index is 595. The van der Waals surface area contributed by atoms with Crippen molar-refractivity contribution >= 4 is 6.03 Å². The normalized spacial score (nSPS) is 17.1. The molecule has 3 heterocycles. The second-order valence-corrected chi connectivity index (χ2v) is 5.58. The number of ether oxygens (including phenoxy) is 1. The zero-order valence-electron chi connectivity index (χ0n) is 13.0. The second kappa shape index (κ2) is 7.78. The van der Waals surface area contributed by atoms with Crippen LogP contribution in [0, 0.1) is 0 Å². The minimum Gasteiger partial charge on any atom is -0.467 e. The maximum atomic E-state index is 12.5. The molecule has 6 heteroatoms. The third-order valence-corrected chi connectivity index (χ3v) is 3.80. The fraction of sp³-hybridized carbons (Fsp3) is 0.412. The largest absolute Gasteiger partial charge is 0.467 e. The summed E-state index contributed by atoms with van der Waals surface area (Å²) in [6.45, 7) is 2.15. The maximum Gasteiger partial charge on any atom is 0.318 e. The van der Waals surface area contributed by atoms with E-state index in [1.54, 1.807) is 17.4 Å². The van der Waals surface area contributed by atoms with Crippen molar-refractivity contribution in [1.29, 1.82) is 0 Å². The molecule has 1 aliphatic heterocycles. The Labute approximate surface area is 135 Å². The van der Waals surface area contributed by atoms with E-state index in [9.17, 15) is 4.79 Å². The van der Waals surface area contributed by atoms with Crippen molar-refractivity contribution in [2.75, 3.05) is 13.2 Å². The van der Waals surface area contributed by atoms with Gasteiger partial charge in [0.2, 0.25) is 0 Å². The van der Waals surface area contributed by atoms with Gasteiger partial charge in [0.05, 0.1) is 31.2 Å². The SMILES string of the molecule is O=C(NC[C@H]1CCCO1)N(Cc1ccccn1)Cc1ccco1. The molecule has 0 aromatic carbocycles. The Morgan fingerprint density at radius 2 is 2.26 bits per heavy atom. The summed E-state index contributed by atoms with van der Waals surface area (Å²) in [6, 6.07) is 9.22. The molecule has 122 valence electrons. The number of amides is 2. The van der Waals surface area contributed by atoms with Gasteiger partial charge in [0.1, 0.15) is 5.76 Å². The average Bonchev–Trinajstić information content (AvgIpc) is 3.26. The van der Waals surface area contributed by atoms with Crippen LogP contribution in [0.5, 0.6) is 0 Å². The van der Waals surface area contributed by atoms with E-state index in [1.165, 1.54) is 0 Å². The number of nitrogens with zero attached hydrogens (tertiary/aromatic N) is 2. The van der Waals surface area contributed by atoms with Gasteiger partial charge in [-0.3, -0.25) is 4.98 Å². The predicted octanol–water partition coefficient (Wildman–Crippen LogP) is 2.57. The summed E-state index contributed by atoms with van der Waals surface area (Å²) in [6.07, 6.45) is 5.52. The molecule has 1 fully saturated rings. The highest BCUT2D eigenvalue weighted by Gasteiger charge is 2.20. The standard InChI is InChI=1S/C17H21N3O3/c21-17(19-11-15-6-3-9-22-15)20(13-16-7-4-10-23-16)12-14-5-1-2-8-18-14/h1-2,4-5,7-8,10,15H,3,6,9,11-13H2,(H,19,21)/t15-/m1/s1. The van der Waals surface area contributed by atoms with Crippen molar-refractivity contribution in [3.8, 4) is 0 Å². The van der Waals surface area contributed by atoms with E-state index >= 15 is 0 Å². The molecule has 1 atom stereocenters. The molecule has 2 amide bonds. The van der Waals surface area contributed by atoms with Crippen molar-refractivity contribution in [1.82, 2.24) is 15.2 Å². The Balaban J connectivity index is 1.62. The summed E-state index contributed by atoms with van der Waals surface area (Å²) >= 11 is 0. The van der Waals surface area contributed by atoms with Gasteiger partial charge >= 0.3 is 6.03 Å². The van der Waals surface area contributed by atoms with E-state index in [0.717, 1.165) is 30.9 Å². The quantitative estimate of drug-likeness (QED) is 0.889. The zero-order valence-corrected chi connectivity index (χ0v) is 13.0. The lowest BCUT2D eigenvalue weighted by atomic mass is 10.2. The average molecular weight is 315 g/mol. The lowest BCUT2D eigenvalue weighted by molar-refractivity contribution is 0.108. The first-order valence-electron chi connectivity index (χ1n) is 7.88. The van der Waals surface area contributed by atoms with Crippen molar-refractivity contribution in [2.45, 2.75) is 32.0 Å². The van der Waals surface area contributed by atoms with Gasteiger partial charge in [-0.05, 0) is 37.1 Å². The van der Waals surface area contributed by atoms with Crippen LogP contribution in [-0.2, 0) is 17.8 Å². The Kier molecular flexibility index (Phi) is 5.26. The molecule has 1 aliphatic rings. The van der Waals surface area contributed by atoms with E-state index in [4.69, 9.17) is 9.15 Å². The minimum atomic E-state index is -0.137. The fourth-order valence-corrected chi connectivity index (χ4v) is 2.60. The van der Waals surface area contributed by atoms with E-state index in [0.29, 0.717) is 19.6 Å².